The van der Waals surface area contributed by atoms with Crippen molar-refractivity contribution in [3.63, 3.8) is 0 Å². The summed E-state index contributed by atoms with van der Waals surface area (Å²) in [6.07, 6.45) is 0. The number of hydrogen-bond acceptors (Lipinski definition) is 4. The van der Waals surface area contributed by atoms with E-state index in [1.165, 1.54) is 12.1 Å². The standard InChI is InChI=1S/C28H22F2N2O2/c1-17-14-15-19(16-18(17)2)28(32-24-12-6-4-10-22(24)30)26-20(27(33)34-28)8-7-13-25(26)31-23-11-5-3-9-21(23)29/h3-16,31-32H,1-2H3. The van der Waals surface area contributed by atoms with Gasteiger partial charge in [0.1, 0.15) is 11.6 Å². The fourth-order valence-electron chi connectivity index (χ4n) is 4.23. The molecule has 0 amide bonds. The third kappa shape index (κ3) is 3.57. The van der Waals surface area contributed by atoms with Crippen LogP contribution in [0.3, 0.4) is 0 Å². The van der Waals surface area contributed by atoms with Crippen LogP contribution >= 0.6 is 0 Å². The highest BCUT2D eigenvalue weighted by atomic mass is 19.1. The summed E-state index contributed by atoms with van der Waals surface area (Å²) in [7, 11) is 0. The van der Waals surface area contributed by atoms with Crippen LogP contribution in [0.4, 0.5) is 25.8 Å². The number of cyclic esters (lactones) is 1. The lowest BCUT2D eigenvalue weighted by molar-refractivity contribution is 0.0212. The van der Waals surface area contributed by atoms with Crippen LogP contribution in [0.5, 0.6) is 0 Å². The highest BCUT2D eigenvalue weighted by Gasteiger charge is 2.49. The first-order valence-corrected chi connectivity index (χ1v) is 10.9. The van der Waals surface area contributed by atoms with Gasteiger partial charge in [-0.1, -0.05) is 42.5 Å². The number of nitrogens with one attached hydrogen (secondary N) is 2. The predicted molar refractivity (Wildman–Crippen MR) is 128 cm³/mol. The molecular weight excluding hydrogens is 434 g/mol. The molecule has 5 rings (SSSR count). The smallest absolute Gasteiger partial charge is 0.341 e. The number of carbonyl (C=O) groups excluding carboxylic acids is 1. The van der Waals surface area contributed by atoms with Crippen LogP contribution in [0.25, 0.3) is 0 Å². The number of fused-ring (bicyclic) bond motifs is 1. The monoisotopic (exact) mass is 456 g/mol. The molecule has 4 aromatic rings. The molecule has 1 unspecified atom stereocenters. The molecule has 4 nitrogen and oxygen atoms in total. The number of carbonyl (C=O) groups is 1. The van der Waals surface area contributed by atoms with Crippen molar-refractivity contribution in [2.45, 2.75) is 19.6 Å². The molecule has 1 atom stereocenters. The van der Waals surface area contributed by atoms with Gasteiger partial charge in [-0.3, -0.25) is 0 Å². The Hall–Kier alpha value is -4.19. The Morgan fingerprint density at radius 3 is 2.06 bits per heavy atom. The molecule has 0 fully saturated rings. The Morgan fingerprint density at radius 2 is 1.38 bits per heavy atom. The summed E-state index contributed by atoms with van der Waals surface area (Å²) in [6, 6.07) is 23.2. The number of hydrogen-bond donors (Lipinski definition) is 2. The van der Waals surface area contributed by atoms with Gasteiger partial charge in [-0.15, -0.1) is 0 Å². The molecule has 0 spiro atoms. The van der Waals surface area contributed by atoms with E-state index in [2.05, 4.69) is 10.6 Å². The molecule has 0 aliphatic carbocycles. The summed E-state index contributed by atoms with van der Waals surface area (Å²) >= 11 is 0. The van der Waals surface area contributed by atoms with E-state index in [0.717, 1.165) is 11.1 Å². The first kappa shape index (κ1) is 21.6. The lowest BCUT2D eigenvalue weighted by Crippen LogP contribution is -2.38. The normalized spacial score (nSPS) is 16.6. The maximum atomic E-state index is 14.8. The van der Waals surface area contributed by atoms with Crippen LogP contribution in [0.1, 0.15) is 32.6 Å². The van der Waals surface area contributed by atoms with E-state index in [0.29, 0.717) is 22.4 Å². The molecule has 0 saturated carbocycles. The zero-order valence-electron chi connectivity index (χ0n) is 18.7. The average molecular weight is 456 g/mol. The molecule has 2 N–H and O–H groups in total. The summed E-state index contributed by atoms with van der Waals surface area (Å²) in [4.78, 5) is 13.1. The van der Waals surface area contributed by atoms with Crippen molar-refractivity contribution in [3.05, 3.63) is 124 Å². The van der Waals surface area contributed by atoms with Crippen LogP contribution in [0.15, 0.2) is 84.9 Å². The quantitative estimate of drug-likeness (QED) is 0.324. The van der Waals surface area contributed by atoms with E-state index in [9.17, 15) is 13.6 Å². The van der Waals surface area contributed by atoms with Crippen molar-refractivity contribution in [2.24, 2.45) is 0 Å². The van der Waals surface area contributed by atoms with Crippen LogP contribution in [-0.4, -0.2) is 5.97 Å². The third-order valence-electron chi connectivity index (χ3n) is 6.12. The van der Waals surface area contributed by atoms with Crippen molar-refractivity contribution >= 4 is 23.0 Å². The van der Waals surface area contributed by atoms with E-state index in [1.807, 2.05) is 32.0 Å². The van der Waals surface area contributed by atoms with Gasteiger partial charge in [-0.05, 0) is 67.4 Å². The molecule has 1 aliphatic rings. The van der Waals surface area contributed by atoms with Crippen molar-refractivity contribution in [1.82, 2.24) is 0 Å². The molecule has 170 valence electrons. The number of ether oxygens (including phenoxy) is 1. The second-order valence-corrected chi connectivity index (χ2v) is 8.31. The second-order valence-electron chi connectivity index (χ2n) is 8.31. The number of para-hydroxylation sites is 2. The number of benzene rings is 4. The van der Waals surface area contributed by atoms with Crippen molar-refractivity contribution in [3.8, 4) is 0 Å². The molecule has 0 radical (unpaired) electrons. The molecule has 0 aromatic heterocycles. The van der Waals surface area contributed by atoms with Gasteiger partial charge >= 0.3 is 5.97 Å². The summed E-state index contributed by atoms with van der Waals surface area (Å²) in [5.74, 6) is -1.49. The Labute approximate surface area is 196 Å². The maximum absolute atomic E-state index is 14.8. The molecular formula is C28H22F2N2O2. The fourth-order valence-corrected chi connectivity index (χ4v) is 4.23. The minimum absolute atomic E-state index is 0.169. The zero-order valence-corrected chi connectivity index (χ0v) is 18.7. The van der Waals surface area contributed by atoms with Crippen LogP contribution < -0.4 is 10.6 Å². The maximum Gasteiger partial charge on any atom is 0.341 e. The summed E-state index contributed by atoms with van der Waals surface area (Å²) in [6.45, 7) is 3.94. The van der Waals surface area contributed by atoms with E-state index in [-0.39, 0.29) is 11.4 Å². The molecule has 0 saturated heterocycles. The minimum atomic E-state index is -1.54. The molecule has 6 heteroatoms. The number of rotatable bonds is 5. The Balaban J connectivity index is 1.76. The lowest BCUT2D eigenvalue weighted by atomic mass is 9.89. The van der Waals surface area contributed by atoms with Crippen LogP contribution in [0, 0.1) is 25.5 Å². The van der Waals surface area contributed by atoms with Gasteiger partial charge in [0.05, 0.1) is 22.5 Å². The van der Waals surface area contributed by atoms with E-state index >= 15 is 0 Å². The van der Waals surface area contributed by atoms with Crippen LogP contribution in [-0.2, 0) is 10.5 Å². The Kier molecular flexibility index (Phi) is 5.28. The van der Waals surface area contributed by atoms with E-state index in [1.54, 1.807) is 54.6 Å². The Morgan fingerprint density at radius 1 is 0.735 bits per heavy atom. The van der Waals surface area contributed by atoms with Gasteiger partial charge in [0.25, 0.3) is 0 Å². The summed E-state index contributed by atoms with van der Waals surface area (Å²) in [5, 5.41) is 6.26. The number of esters is 1. The molecule has 34 heavy (non-hydrogen) atoms. The van der Waals surface area contributed by atoms with Gasteiger partial charge in [0.2, 0.25) is 5.72 Å². The molecule has 1 aliphatic heterocycles. The number of halogens is 2. The topological polar surface area (TPSA) is 50.4 Å². The van der Waals surface area contributed by atoms with Crippen LogP contribution in [0.2, 0.25) is 0 Å². The SMILES string of the molecule is Cc1ccc(C2(Nc3ccccc3F)OC(=O)c3cccc(Nc4ccccc4F)c32)cc1C. The van der Waals surface area contributed by atoms with Crippen molar-refractivity contribution < 1.29 is 18.3 Å². The lowest BCUT2D eigenvalue weighted by Gasteiger charge is -2.33. The highest BCUT2D eigenvalue weighted by molar-refractivity contribution is 5.98. The van der Waals surface area contributed by atoms with E-state index < -0.39 is 23.3 Å². The van der Waals surface area contributed by atoms with Gasteiger partial charge in [0, 0.05) is 11.3 Å². The third-order valence-corrected chi connectivity index (χ3v) is 6.12. The first-order chi connectivity index (χ1) is 16.4. The van der Waals surface area contributed by atoms with Gasteiger partial charge in [0.15, 0.2) is 0 Å². The highest BCUT2D eigenvalue weighted by Crippen LogP contribution is 2.47. The fraction of sp³-hybridized carbons (Fsp3) is 0.107. The molecule has 1 heterocycles. The molecule has 0 bridgehead atoms. The Bertz CT molecular complexity index is 1420. The summed E-state index contributed by atoms with van der Waals surface area (Å²) in [5.41, 5.74) is 2.77. The zero-order chi connectivity index (χ0) is 23.9. The molecule has 4 aromatic carbocycles. The van der Waals surface area contributed by atoms with Crippen molar-refractivity contribution in [2.75, 3.05) is 10.6 Å². The van der Waals surface area contributed by atoms with Gasteiger partial charge < -0.3 is 15.4 Å². The van der Waals surface area contributed by atoms with Gasteiger partial charge in [-0.2, -0.15) is 0 Å². The summed E-state index contributed by atoms with van der Waals surface area (Å²) < 4.78 is 35.3. The number of aryl methyl sites for hydroxylation is 2. The predicted octanol–water partition coefficient (Wildman–Crippen LogP) is 6.81. The first-order valence-electron chi connectivity index (χ1n) is 10.9. The van der Waals surface area contributed by atoms with Crippen molar-refractivity contribution in [1.29, 1.82) is 0 Å². The van der Waals surface area contributed by atoms with Gasteiger partial charge in [-0.25, -0.2) is 13.6 Å². The number of anilines is 3. The minimum Gasteiger partial charge on any atom is -0.426 e. The van der Waals surface area contributed by atoms with E-state index in [4.69, 9.17) is 4.74 Å². The second kappa shape index (κ2) is 8.30. The largest absolute Gasteiger partial charge is 0.426 e. The average Bonchev–Trinajstić information content (AvgIpc) is 3.12.